The van der Waals surface area contributed by atoms with Crippen molar-refractivity contribution >= 4 is 16.9 Å². The minimum atomic E-state index is 0.0621. The number of hydrogen-bond acceptors (Lipinski definition) is 5. The van der Waals surface area contributed by atoms with Crippen molar-refractivity contribution in [3.63, 3.8) is 0 Å². The zero-order chi connectivity index (χ0) is 15.5. The SMILES string of the molecule is CCc1cnc(C)nc1-c1cc(NCCO)nc2[nH]ccc12. The van der Waals surface area contributed by atoms with Gasteiger partial charge in [0.2, 0.25) is 0 Å². The van der Waals surface area contributed by atoms with E-state index < -0.39 is 0 Å². The standard InChI is InChI=1S/C16H19N5O/c1-3-11-9-19-10(2)20-15(11)13-8-14(17-6-7-22)21-16-12(13)4-5-18-16/h4-5,8-9,22H,3,6-7H2,1-2H3,(H2,17,18,21). The first-order valence-electron chi connectivity index (χ1n) is 7.38. The second kappa shape index (κ2) is 6.11. The summed E-state index contributed by atoms with van der Waals surface area (Å²) >= 11 is 0. The predicted octanol–water partition coefficient (Wildman–Crippen LogP) is 2.29. The van der Waals surface area contributed by atoms with Crippen LogP contribution in [0.5, 0.6) is 0 Å². The van der Waals surface area contributed by atoms with Crippen molar-refractivity contribution in [3.8, 4) is 11.3 Å². The molecule has 6 nitrogen and oxygen atoms in total. The number of H-pyrrole nitrogens is 1. The van der Waals surface area contributed by atoms with Crippen molar-refractivity contribution in [2.45, 2.75) is 20.3 Å². The number of aliphatic hydroxyl groups is 1. The maximum absolute atomic E-state index is 8.99. The van der Waals surface area contributed by atoms with Gasteiger partial charge in [0.15, 0.2) is 0 Å². The quantitative estimate of drug-likeness (QED) is 0.672. The number of aromatic nitrogens is 4. The lowest BCUT2D eigenvalue weighted by Crippen LogP contribution is -2.07. The topological polar surface area (TPSA) is 86.7 Å². The van der Waals surface area contributed by atoms with E-state index in [-0.39, 0.29) is 6.61 Å². The number of nitrogens with zero attached hydrogens (tertiary/aromatic N) is 3. The third-order valence-corrected chi connectivity index (χ3v) is 3.57. The first-order chi connectivity index (χ1) is 10.7. The molecule has 3 rings (SSSR count). The summed E-state index contributed by atoms with van der Waals surface area (Å²) in [5.41, 5.74) is 3.87. The molecule has 0 aromatic carbocycles. The second-order valence-electron chi connectivity index (χ2n) is 5.09. The Bertz CT molecular complexity index is 796. The Morgan fingerprint density at radius 3 is 2.95 bits per heavy atom. The van der Waals surface area contributed by atoms with E-state index in [1.54, 1.807) is 0 Å². The number of rotatable bonds is 5. The summed E-state index contributed by atoms with van der Waals surface area (Å²) in [4.78, 5) is 16.6. The molecule has 0 saturated heterocycles. The number of anilines is 1. The van der Waals surface area contributed by atoms with Gasteiger partial charge in [0.25, 0.3) is 0 Å². The first kappa shape index (κ1) is 14.5. The van der Waals surface area contributed by atoms with Gasteiger partial charge in [-0.05, 0) is 31.0 Å². The third-order valence-electron chi connectivity index (χ3n) is 3.57. The van der Waals surface area contributed by atoms with E-state index >= 15 is 0 Å². The van der Waals surface area contributed by atoms with Gasteiger partial charge in [-0.15, -0.1) is 0 Å². The van der Waals surface area contributed by atoms with Gasteiger partial charge in [0.1, 0.15) is 17.3 Å². The molecule has 0 saturated carbocycles. The number of aromatic amines is 1. The van der Waals surface area contributed by atoms with Crippen LogP contribution in [0.1, 0.15) is 18.3 Å². The van der Waals surface area contributed by atoms with E-state index in [0.717, 1.165) is 45.9 Å². The molecule has 0 aliphatic rings. The summed E-state index contributed by atoms with van der Waals surface area (Å²) in [6.07, 6.45) is 4.62. The molecule has 3 aromatic rings. The van der Waals surface area contributed by atoms with Gasteiger partial charge in [-0.2, -0.15) is 0 Å². The average Bonchev–Trinajstić information content (AvgIpc) is 3.00. The minimum absolute atomic E-state index is 0.0621. The molecular formula is C16H19N5O. The number of aliphatic hydroxyl groups excluding tert-OH is 1. The fraction of sp³-hybridized carbons (Fsp3) is 0.312. The Balaban J connectivity index is 2.20. The van der Waals surface area contributed by atoms with Gasteiger partial charge in [-0.25, -0.2) is 15.0 Å². The van der Waals surface area contributed by atoms with Crippen LogP contribution in [0, 0.1) is 6.92 Å². The Morgan fingerprint density at radius 1 is 1.32 bits per heavy atom. The molecule has 0 bridgehead atoms. The van der Waals surface area contributed by atoms with Crippen LogP contribution in [0.4, 0.5) is 5.82 Å². The van der Waals surface area contributed by atoms with E-state index in [4.69, 9.17) is 5.11 Å². The minimum Gasteiger partial charge on any atom is -0.395 e. The van der Waals surface area contributed by atoms with Crippen LogP contribution in [0.2, 0.25) is 0 Å². The lowest BCUT2D eigenvalue weighted by atomic mass is 10.0. The Labute approximate surface area is 128 Å². The van der Waals surface area contributed by atoms with Crippen LogP contribution < -0.4 is 5.32 Å². The molecule has 3 aromatic heterocycles. The summed E-state index contributed by atoms with van der Waals surface area (Å²) in [5.74, 6) is 1.47. The van der Waals surface area contributed by atoms with Crippen LogP contribution in [-0.2, 0) is 6.42 Å². The molecule has 0 radical (unpaired) electrons. The normalized spacial score (nSPS) is 11.0. The molecule has 0 aliphatic heterocycles. The van der Waals surface area contributed by atoms with E-state index in [1.807, 2.05) is 31.5 Å². The maximum atomic E-state index is 8.99. The predicted molar refractivity (Wildman–Crippen MR) is 86.8 cm³/mol. The van der Waals surface area contributed by atoms with Crippen LogP contribution in [-0.4, -0.2) is 38.2 Å². The molecule has 3 N–H and O–H groups in total. The highest BCUT2D eigenvalue weighted by atomic mass is 16.3. The lowest BCUT2D eigenvalue weighted by Gasteiger charge is -2.11. The van der Waals surface area contributed by atoms with Crippen LogP contribution in [0.15, 0.2) is 24.5 Å². The molecule has 0 aliphatic carbocycles. The van der Waals surface area contributed by atoms with Gasteiger partial charge < -0.3 is 15.4 Å². The first-order valence-corrected chi connectivity index (χ1v) is 7.38. The van der Waals surface area contributed by atoms with E-state index in [0.29, 0.717) is 6.54 Å². The highest BCUT2D eigenvalue weighted by Crippen LogP contribution is 2.30. The monoisotopic (exact) mass is 297 g/mol. The fourth-order valence-corrected chi connectivity index (χ4v) is 2.49. The Kier molecular flexibility index (Phi) is 4.02. The second-order valence-corrected chi connectivity index (χ2v) is 5.09. The third kappa shape index (κ3) is 2.65. The summed E-state index contributed by atoms with van der Waals surface area (Å²) in [6.45, 7) is 4.51. The average molecular weight is 297 g/mol. The summed E-state index contributed by atoms with van der Waals surface area (Å²) in [7, 11) is 0. The highest BCUT2D eigenvalue weighted by Gasteiger charge is 2.13. The number of fused-ring (bicyclic) bond motifs is 1. The Morgan fingerprint density at radius 2 is 2.18 bits per heavy atom. The molecular weight excluding hydrogens is 278 g/mol. The van der Waals surface area contributed by atoms with E-state index in [9.17, 15) is 0 Å². The lowest BCUT2D eigenvalue weighted by molar-refractivity contribution is 0.311. The molecule has 0 spiro atoms. The van der Waals surface area contributed by atoms with Gasteiger partial charge in [0.05, 0.1) is 12.3 Å². The van der Waals surface area contributed by atoms with Gasteiger partial charge in [-0.1, -0.05) is 6.92 Å². The largest absolute Gasteiger partial charge is 0.395 e. The number of aryl methyl sites for hydroxylation is 2. The van der Waals surface area contributed by atoms with Crippen molar-refractivity contribution in [2.75, 3.05) is 18.5 Å². The maximum Gasteiger partial charge on any atom is 0.140 e. The van der Waals surface area contributed by atoms with Crippen LogP contribution >= 0.6 is 0 Å². The van der Waals surface area contributed by atoms with Crippen molar-refractivity contribution in [1.82, 2.24) is 19.9 Å². The summed E-state index contributed by atoms with van der Waals surface area (Å²) in [5, 5.41) is 13.1. The Hall–Kier alpha value is -2.47. The summed E-state index contributed by atoms with van der Waals surface area (Å²) < 4.78 is 0. The smallest absolute Gasteiger partial charge is 0.140 e. The van der Waals surface area contributed by atoms with E-state index in [2.05, 4.69) is 32.2 Å². The van der Waals surface area contributed by atoms with E-state index in [1.165, 1.54) is 0 Å². The number of nitrogens with one attached hydrogen (secondary N) is 2. The molecule has 3 heterocycles. The zero-order valence-electron chi connectivity index (χ0n) is 12.7. The highest BCUT2D eigenvalue weighted by molar-refractivity contribution is 5.94. The zero-order valence-corrected chi connectivity index (χ0v) is 12.7. The fourth-order valence-electron chi connectivity index (χ4n) is 2.49. The molecule has 6 heteroatoms. The van der Waals surface area contributed by atoms with Gasteiger partial charge in [-0.3, -0.25) is 0 Å². The molecule has 114 valence electrons. The molecule has 0 amide bonds. The molecule has 0 atom stereocenters. The molecule has 0 unspecified atom stereocenters. The van der Waals surface area contributed by atoms with Crippen LogP contribution in [0.3, 0.4) is 0 Å². The van der Waals surface area contributed by atoms with Crippen molar-refractivity contribution in [1.29, 1.82) is 0 Å². The summed E-state index contributed by atoms with van der Waals surface area (Å²) in [6, 6.07) is 3.98. The molecule has 0 fully saturated rings. The van der Waals surface area contributed by atoms with Gasteiger partial charge >= 0.3 is 0 Å². The number of pyridine rings is 1. The number of hydrogen-bond donors (Lipinski definition) is 3. The van der Waals surface area contributed by atoms with Crippen molar-refractivity contribution in [2.24, 2.45) is 0 Å². The van der Waals surface area contributed by atoms with Crippen LogP contribution in [0.25, 0.3) is 22.3 Å². The van der Waals surface area contributed by atoms with Crippen molar-refractivity contribution in [3.05, 3.63) is 35.9 Å². The van der Waals surface area contributed by atoms with Gasteiger partial charge in [0, 0.05) is 29.9 Å². The van der Waals surface area contributed by atoms with Crippen molar-refractivity contribution < 1.29 is 5.11 Å². The molecule has 22 heavy (non-hydrogen) atoms.